The van der Waals surface area contributed by atoms with Gasteiger partial charge in [0.05, 0.1) is 0 Å². The van der Waals surface area contributed by atoms with Crippen LogP contribution in [-0.2, 0) is 18.3 Å². The van der Waals surface area contributed by atoms with E-state index in [-0.39, 0.29) is 5.91 Å². The largest absolute Gasteiger partial charge is 0.307 e. The first-order chi connectivity index (χ1) is 10.7. The minimum absolute atomic E-state index is 0.213. The van der Waals surface area contributed by atoms with Gasteiger partial charge in [-0.15, -0.1) is 5.10 Å². The molecule has 0 aliphatic rings. The van der Waals surface area contributed by atoms with Crippen LogP contribution in [0.1, 0.15) is 11.6 Å². The molecule has 0 aliphatic carbocycles. The zero-order valence-corrected chi connectivity index (χ0v) is 12.0. The minimum atomic E-state index is -0.542. The molecule has 1 amide bonds. The molecular weight excluding hydrogens is 282 g/mol. The Morgan fingerprint density at radius 2 is 2.09 bits per heavy atom. The number of carbonyl (C=O) groups excluding carboxylic acids is 1. The third-order valence-electron chi connectivity index (χ3n) is 3.22. The number of hydrogen-bond acceptors (Lipinski definition) is 5. The number of hydrogen-bond donors (Lipinski definition) is 1. The Bertz CT molecular complexity index is 736. The summed E-state index contributed by atoms with van der Waals surface area (Å²) < 4.78 is 3.07. The van der Waals surface area contributed by atoms with Crippen molar-refractivity contribution < 1.29 is 4.79 Å². The molecule has 0 bridgehead atoms. The maximum atomic E-state index is 12.5. The van der Waals surface area contributed by atoms with Gasteiger partial charge in [0.25, 0.3) is 5.91 Å². The van der Waals surface area contributed by atoms with Crippen molar-refractivity contribution in [2.24, 2.45) is 7.05 Å². The van der Waals surface area contributed by atoms with Gasteiger partial charge in [-0.05, 0) is 16.0 Å². The van der Waals surface area contributed by atoms with Crippen LogP contribution in [0.5, 0.6) is 0 Å². The number of amides is 1. The molecule has 8 nitrogen and oxygen atoms in total. The molecule has 1 atom stereocenters. The van der Waals surface area contributed by atoms with Crippen LogP contribution in [0.15, 0.2) is 48.9 Å². The Morgan fingerprint density at radius 3 is 2.73 bits per heavy atom. The fraction of sp³-hybridized carbons (Fsp3) is 0.214. The molecule has 3 aromatic rings. The highest BCUT2D eigenvalue weighted by molar-refractivity contribution is 5.92. The highest BCUT2D eigenvalue weighted by Gasteiger charge is 2.23. The number of carbonyl (C=O) groups is 1. The van der Waals surface area contributed by atoms with E-state index in [1.807, 2.05) is 30.3 Å². The van der Waals surface area contributed by atoms with Crippen LogP contribution in [0.2, 0.25) is 0 Å². The summed E-state index contributed by atoms with van der Waals surface area (Å²) in [5, 5.41) is 18.0. The first-order valence-corrected chi connectivity index (χ1v) is 6.79. The van der Waals surface area contributed by atoms with Crippen molar-refractivity contribution >= 4 is 11.7 Å². The molecular formula is C14H15N7O. The molecule has 3 rings (SSSR count). The third-order valence-corrected chi connectivity index (χ3v) is 3.22. The van der Waals surface area contributed by atoms with Gasteiger partial charge in [0.2, 0.25) is 0 Å². The predicted octanol–water partition coefficient (Wildman–Crippen LogP) is 0.829. The maximum absolute atomic E-state index is 12.5. The molecule has 22 heavy (non-hydrogen) atoms. The molecule has 2 aromatic heterocycles. The molecule has 0 saturated carbocycles. The van der Waals surface area contributed by atoms with Crippen LogP contribution in [0, 0.1) is 0 Å². The van der Waals surface area contributed by atoms with Gasteiger partial charge >= 0.3 is 0 Å². The van der Waals surface area contributed by atoms with Gasteiger partial charge in [0.15, 0.2) is 5.82 Å². The number of benzene rings is 1. The minimum Gasteiger partial charge on any atom is -0.307 e. The van der Waals surface area contributed by atoms with E-state index in [0.717, 1.165) is 5.56 Å². The summed E-state index contributed by atoms with van der Waals surface area (Å²) in [6.45, 7) is 0. The molecule has 0 radical (unpaired) electrons. The lowest BCUT2D eigenvalue weighted by Gasteiger charge is -2.15. The average Bonchev–Trinajstić information content (AvgIpc) is 3.18. The van der Waals surface area contributed by atoms with E-state index in [9.17, 15) is 4.79 Å². The lowest BCUT2D eigenvalue weighted by molar-refractivity contribution is -0.119. The number of nitrogens with one attached hydrogen (secondary N) is 1. The van der Waals surface area contributed by atoms with Crippen LogP contribution in [0.3, 0.4) is 0 Å². The molecule has 8 heteroatoms. The average molecular weight is 297 g/mol. The summed E-state index contributed by atoms with van der Waals surface area (Å²) in [5.74, 6) is 0.286. The van der Waals surface area contributed by atoms with Crippen molar-refractivity contribution in [2.45, 2.75) is 12.5 Å². The number of aryl methyl sites for hydroxylation is 1. The Labute approximate surface area is 126 Å². The molecule has 0 unspecified atom stereocenters. The highest BCUT2D eigenvalue weighted by atomic mass is 16.2. The van der Waals surface area contributed by atoms with Crippen LogP contribution in [0.4, 0.5) is 5.82 Å². The van der Waals surface area contributed by atoms with E-state index in [2.05, 4.69) is 25.9 Å². The highest BCUT2D eigenvalue weighted by Crippen LogP contribution is 2.15. The lowest BCUT2D eigenvalue weighted by Crippen LogP contribution is -2.28. The first kappa shape index (κ1) is 13.9. The fourth-order valence-corrected chi connectivity index (χ4v) is 2.15. The van der Waals surface area contributed by atoms with E-state index < -0.39 is 6.04 Å². The normalized spacial score (nSPS) is 12.0. The van der Waals surface area contributed by atoms with Crippen molar-refractivity contribution in [2.75, 3.05) is 5.32 Å². The van der Waals surface area contributed by atoms with Gasteiger partial charge in [0, 0.05) is 25.7 Å². The van der Waals surface area contributed by atoms with Crippen molar-refractivity contribution in [1.29, 1.82) is 0 Å². The molecule has 0 fully saturated rings. The van der Waals surface area contributed by atoms with Crippen molar-refractivity contribution in [3.05, 3.63) is 54.5 Å². The standard InChI is InChI=1S/C14H15N7O/c1-20-8-7-13(17-20)16-14(22)12(21-10-15-18-19-21)9-11-5-3-2-4-6-11/h2-8,10,12H,9H2,1H3,(H,16,17,22)/t12-/m1/s1. The number of nitrogens with zero attached hydrogens (tertiary/aromatic N) is 6. The van der Waals surface area contributed by atoms with Gasteiger partial charge < -0.3 is 5.32 Å². The van der Waals surface area contributed by atoms with E-state index in [0.29, 0.717) is 12.2 Å². The first-order valence-electron chi connectivity index (χ1n) is 6.79. The Balaban J connectivity index is 1.80. The molecule has 112 valence electrons. The second-order valence-electron chi connectivity index (χ2n) is 4.86. The van der Waals surface area contributed by atoms with Gasteiger partial charge in [-0.25, -0.2) is 4.68 Å². The van der Waals surface area contributed by atoms with Crippen molar-refractivity contribution in [1.82, 2.24) is 30.0 Å². The van der Waals surface area contributed by atoms with Crippen LogP contribution >= 0.6 is 0 Å². The molecule has 1 aromatic carbocycles. The molecule has 2 heterocycles. The zero-order valence-electron chi connectivity index (χ0n) is 12.0. The van der Waals surface area contributed by atoms with Gasteiger partial charge in [0.1, 0.15) is 12.4 Å². The monoisotopic (exact) mass is 297 g/mol. The van der Waals surface area contributed by atoms with Gasteiger partial charge in [-0.3, -0.25) is 9.48 Å². The number of rotatable bonds is 5. The summed E-state index contributed by atoms with van der Waals surface area (Å²) in [5.41, 5.74) is 1.03. The molecule has 0 aliphatic heterocycles. The number of aromatic nitrogens is 6. The van der Waals surface area contributed by atoms with Crippen molar-refractivity contribution in [3.8, 4) is 0 Å². The van der Waals surface area contributed by atoms with E-state index in [1.54, 1.807) is 24.0 Å². The SMILES string of the molecule is Cn1ccc(NC(=O)[C@@H](Cc2ccccc2)n2cnnn2)n1. The summed E-state index contributed by atoms with van der Waals surface area (Å²) in [6.07, 6.45) is 3.69. The van der Waals surface area contributed by atoms with Crippen LogP contribution in [0.25, 0.3) is 0 Å². The second kappa shape index (κ2) is 6.17. The van der Waals surface area contributed by atoms with Crippen LogP contribution < -0.4 is 5.32 Å². The third kappa shape index (κ3) is 3.17. The molecule has 0 spiro atoms. The Hall–Kier alpha value is -3.03. The summed E-state index contributed by atoms with van der Waals surface area (Å²) in [6, 6.07) is 10.9. The van der Waals surface area contributed by atoms with E-state index in [4.69, 9.17) is 0 Å². The van der Waals surface area contributed by atoms with Crippen molar-refractivity contribution in [3.63, 3.8) is 0 Å². The molecule has 0 saturated heterocycles. The van der Waals surface area contributed by atoms with Gasteiger partial charge in [-0.1, -0.05) is 30.3 Å². The number of tetrazole rings is 1. The predicted molar refractivity (Wildman–Crippen MR) is 78.8 cm³/mol. The molecule has 1 N–H and O–H groups in total. The van der Waals surface area contributed by atoms with E-state index in [1.165, 1.54) is 11.0 Å². The maximum Gasteiger partial charge on any atom is 0.250 e. The van der Waals surface area contributed by atoms with Crippen LogP contribution in [-0.4, -0.2) is 35.9 Å². The smallest absolute Gasteiger partial charge is 0.250 e. The number of anilines is 1. The summed E-state index contributed by atoms with van der Waals surface area (Å²) in [7, 11) is 1.79. The lowest BCUT2D eigenvalue weighted by atomic mass is 10.1. The fourth-order valence-electron chi connectivity index (χ4n) is 2.15. The van der Waals surface area contributed by atoms with E-state index >= 15 is 0 Å². The quantitative estimate of drug-likeness (QED) is 0.753. The second-order valence-corrected chi connectivity index (χ2v) is 4.86. The Kier molecular flexibility index (Phi) is 3.90. The zero-order chi connectivity index (χ0) is 15.4. The van der Waals surface area contributed by atoms with Gasteiger partial charge in [-0.2, -0.15) is 5.10 Å². The summed E-state index contributed by atoms with van der Waals surface area (Å²) in [4.78, 5) is 12.5. The topological polar surface area (TPSA) is 90.5 Å². The summed E-state index contributed by atoms with van der Waals surface area (Å²) >= 11 is 0. The Morgan fingerprint density at radius 1 is 1.27 bits per heavy atom.